The zero-order valence-electron chi connectivity index (χ0n) is 15.5. The van der Waals surface area contributed by atoms with Gasteiger partial charge >= 0.3 is 11.9 Å². The topological polar surface area (TPSA) is 96.9 Å². The van der Waals surface area contributed by atoms with E-state index in [1.54, 1.807) is 24.4 Å². The van der Waals surface area contributed by atoms with E-state index in [0.29, 0.717) is 34.8 Å². The van der Waals surface area contributed by atoms with E-state index in [1.165, 1.54) is 17.4 Å². The Labute approximate surface area is 172 Å². The molecule has 0 spiro atoms. The van der Waals surface area contributed by atoms with Gasteiger partial charge in [0, 0.05) is 18.8 Å². The van der Waals surface area contributed by atoms with Gasteiger partial charge in [-0.25, -0.2) is 9.78 Å². The van der Waals surface area contributed by atoms with Gasteiger partial charge in [0.2, 0.25) is 0 Å². The Morgan fingerprint density at radius 2 is 2.07 bits per heavy atom. The van der Waals surface area contributed by atoms with E-state index in [-0.39, 0.29) is 6.04 Å². The van der Waals surface area contributed by atoms with Gasteiger partial charge in [-0.2, -0.15) is 13.2 Å². The molecule has 0 fully saturated rings. The molecule has 4 N–H and O–H groups in total. The Balaban J connectivity index is 1.38. The predicted molar refractivity (Wildman–Crippen MR) is 110 cm³/mol. The second kappa shape index (κ2) is 7.96. The van der Waals surface area contributed by atoms with Crippen LogP contribution in [0.4, 0.5) is 18.3 Å². The Morgan fingerprint density at radius 3 is 2.87 bits per heavy atom. The Hall–Kier alpha value is -3.11. The molecular formula is C20H17F3N4O2S. The van der Waals surface area contributed by atoms with Crippen molar-refractivity contribution in [2.75, 3.05) is 11.9 Å². The summed E-state index contributed by atoms with van der Waals surface area (Å²) in [6.07, 6.45) is -2.38. The zero-order chi connectivity index (χ0) is 21.3. The first-order valence-corrected chi connectivity index (χ1v) is 9.84. The van der Waals surface area contributed by atoms with Crippen molar-refractivity contribution in [1.29, 1.82) is 0 Å². The molecule has 0 saturated heterocycles. The van der Waals surface area contributed by atoms with Crippen molar-refractivity contribution in [2.45, 2.75) is 18.6 Å². The molecule has 10 heteroatoms. The molecule has 30 heavy (non-hydrogen) atoms. The van der Waals surface area contributed by atoms with Crippen molar-refractivity contribution in [3.05, 3.63) is 70.3 Å². The fourth-order valence-corrected chi connectivity index (χ4v) is 3.88. The molecule has 6 nitrogen and oxygen atoms in total. The van der Waals surface area contributed by atoms with E-state index >= 15 is 0 Å². The van der Waals surface area contributed by atoms with E-state index in [2.05, 4.69) is 15.3 Å². The zero-order valence-corrected chi connectivity index (χ0v) is 16.3. The summed E-state index contributed by atoms with van der Waals surface area (Å²) in [5.41, 5.74) is 7.86. The largest absolute Gasteiger partial charge is 0.417 e. The maximum absolute atomic E-state index is 12.8. The maximum atomic E-state index is 12.8. The van der Waals surface area contributed by atoms with Crippen LogP contribution in [0, 0.1) is 0 Å². The van der Waals surface area contributed by atoms with Crippen molar-refractivity contribution in [3.63, 3.8) is 0 Å². The van der Waals surface area contributed by atoms with E-state index in [1.807, 2.05) is 6.07 Å². The summed E-state index contributed by atoms with van der Waals surface area (Å²) in [5, 5.41) is 3.76. The average molecular weight is 434 g/mol. The summed E-state index contributed by atoms with van der Waals surface area (Å²) in [6, 6.07) is 10.2. The van der Waals surface area contributed by atoms with E-state index in [0.717, 1.165) is 22.6 Å². The molecule has 4 rings (SSSR count). The molecule has 2 heterocycles. The molecule has 2 aromatic carbocycles. The van der Waals surface area contributed by atoms with E-state index in [4.69, 9.17) is 10.2 Å². The van der Waals surface area contributed by atoms with Gasteiger partial charge in [0.05, 0.1) is 16.0 Å². The molecule has 0 radical (unpaired) electrons. The molecule has 2 aromatic heterocycles. The Kier molecular flexibility index (Phi) is 5.35. The third kappa shape index (κ3) is 4.55. The molecule has 0 saturated carbocycles. The minimum atomic E-state index is -4.37. The second-order valence-corrected chi connectivity index (χ2v) is 7.83. The first kappa shape index (κ1) is 20.2. The maximum Gasteiger partial charge on any atom is 0.417 e. The van der Waals surface area contributed by atoms with Crippen LogP contribution >= 0.6 is 11.3 Å². The van der Waals surface area contributed by atoms with Gasteiger partial charge in [0.1, 0.15) is 0 Å². The Morgan fingerprint density at radius 1 is 1.23 bits per heavy atom. The molecule has 0 amide bonds. The standard InChI is InChI=1S/C20H17F3N4O2S/c21-20(22,23)13-3-1-2-11(6-13)7-14(24)9-25-18-26-10-17(30-18)12-4-5-15-16(8-12)29-19(28)27-15/h1-6,8,10,14H,7,9,24H2,(H,25,26)(H,27,28)/t14-/m0/s1. The number of anilines is 1. The number of rotatable bonds is 6. The Bertz CT molecular complexity index is 1230. The molecule has 0 aliphatic rings. The minimum Gasteiger partial charge on any atom is -0.408 e. The van der Waals surface area contributed by atoms with Gasteiger partial charge in [-0.3, -0.25) is 4.98 Å². The number of nitrogens with one attached hydrogen (secondary N) is 2. The van der Waals surface area contributed by atoms with Gasteiger partial charge < -0.3 is 15.5 Å². The van der Waals surface area contributed by atoms with Crippen LogP contribution in [-0.2, 0) is 12.6 Å². The highest BCUT2D eigenvalue weighted by Gasteiger charge is 2.30. The smallest absolute Gasteiger partial charge is 0.408 e. The predicted octanol–water partition coefficient (Wildman–Crippen LogP) is 4.25. The third-order valence-electron chi connectivity index (χ3n) is 4.48. The number of aromatic amines is 1. The van der Waals surface area contributed by atoms with Gasteiger partial charge in [0.25, 0.3) is 0 Å². The van der Waals surface area contributed by atoms with Gasteiger partial charge in [-0.15, -0.1) is 0 Å². The molecular weight excluding hydrogens is 417 g/mol. The number of aromatic nitrogens is 2. The van der Waals surface area contributed by atoms with Crippen LogP contribution in [0.1, 0.15) is 11.1 Å². The van der Waals surface area contributed by atoms with Crippen molar-refractivity contribution < 1.29 is 17.6 Å². The summed E-state index contributed by atoms with van der Waals surface area (Å²) in [5.74, 6) is -0.511. The van der Waals surface area contributed by atoms with Gasteiger partial charge in [0.15, 0.2) is 10.7 Å². The van der Waals surface area contributed by atoms with Crippen LogP contribution in [0.25, 0.3) is 21.5 Å². The van der Waals surface area contributed by atoms with E-state index < -0.39 is 17.5 Å². The molecule has 0 aliphatic carbocycles. The number of hydrogen-bond donors (Lipinski definition) is 3. The third-order valence-corrected chi connectivity index (χ3v) is 5.48. The van der Waals surface area contributed by atoms with Crippen LogP contribution in [0.3, 0.4) is 0 Å². The molecule has 156 valence electrons. The number of nitrogens with zero attached hydrogens (tertiary/aromatic N) is 1. The van der Waals surface area contributed by atoms with Gasteiger partial charge in [-0.1, -0.05) is 35.6 Å². The minimum absolute atomic E-state index is 0.304. The van der Waals surface area contributed by atoms with Crippen LogP contribution < -0.4 is 16.8 Å². The number of fused-ring (bicyclic) bond motifs is 1. The normalized spacial score (nSPS) is 12.9. The fourth-order valence-electron chi connectivity index (χ4n) is 3.06. The first-order valence-electron chi connectivity index (χ1n) is 9.02. The summed E-state index contributed by atoms with van der Waals surface area (Å²) in [6.45, 7) is 0.356. The van der Waals surface area contributed by atoms with Crippen molar-refractivity contribution in [1.82, 2.24) is 9.97 Å². The average Bonchev–Trinajstić information content (AvgIpc) is 3.31. The fraction of sp³-hybridized carbons (Fsp3) is 0.200. The highest BCUT2D eigenvalue weighted by Crippen LogP contribution is 2.31. The molecule has 4 aromatic rings. The molecule has 0 aliphatic heterocycles. The number of H-pyrrole nitrogens is 1. The lowest BCUT2D eigenvalue weighted by Crippen LogP contribution is -2.31. The van der Waals surface area contributed by atoms with Crippen molar-refractivity contribution in [3.8, 4) is 10.4 Å². The number of thiazole rings is 1. The number of alkyl halides is 3. The van der Waals surface area contributed by atoms with Crippen LogP contribution in [-0.4, -0.2) is 22.6 Å². The summed E-state index contributed by atoms with van der Waals surface area (Å²) >= 11 is 1.40. The van der Waals surface area contributed by atoms with Gasteiger partial charge in [-0.05, 0) is 35.7 Å². The lowest BCUT2D eigenvalue weighted by molar-refractivity contribution is -0.137. The summed E-state index contributed by atoms with van der Waals surface area (Å²) < 4.78 is 43.6. The highest BCUT2D eigenvalue weighted by molar-refractivity contribution is 7.18. The SMILES string of the molecule is N[C@H](CNc1ncc(-c2ccc3[nH]c(=O)oc3c2)s1)Cc1cccc(C(F)(F)F)c1. The van der Waals surface area contributed by atoms with Crippen molar-refractivity contribution in [2.24, 2.45) is 5.73 Å². The number of halogens is 3. The molecule has 1 atom stereocenters. The first-order chi connectivity index (χ1) is 14.3. The second-order valence-electron chi connectivity index (χ2n) is 6.80. The highest BCUT2D eigenvalue weighted by atomic mass is 32.1. The van der Waals surface area contributed by atoms with Crippen molar-refractivity contribution >= 4 is 27.6 Å². The van der Waals surface area contributed by atoms with Crippen LogP contribution in [0.2, 0.25) is 0 Å². The summed E-state index contributed by atoms with van der Waals surface area (Å²) in [7, 11) is 0. The molecule has 0 bridgehead atoms. The van der Waals surface area contributed by atoms with E-state index in [9.17, 15) is 18.0 Å². The quantitative estimate of drug-likeness (QED) is 0.422. The van der Waals surface area contributed by atoms with Crippen LogP contribution in [0.5, 0.6) is 0 Å². The molecule has 0 unspecified atom stereocenters. The monoisotopic (exact) mass is 434 g/mol. The number of nitrogens with two attached hydrogens (primary N) is 1. The lowest BCUT2D eigenvalue weighted by atomic mass is 10.0. The number of oxazole rings is 1. The lowest BCUT2D eigenvalue weighted by Gasteiger charge is -2.14. The number of hydrogen-bond acceptors (Lipinski definition) is 6. The number of benzene rings is 2. The van der Waals surface area contributed by atoms with Crippen LogP contribution in [0.15, 0.2) is 57.9 Å². The summed E-state index contributed by atoms with van der Waals surface area (Å²) in [4.78, 5) is 19.0.